The molecule has 0 spiro atoms. The van der Waals surface area contributed by atoms with Gasteiger partial charge in [0.1, 0.15) is 6.04 Å². The number of nitrogens with zero attached hydrogens (tertiary/aromatic N) is 4. The third kappa shape index (κ3) is 3.04. The predicted molar refractivity (Wildman–Crippen MR) is 78.4 cm³/mol. The summed E-state index contributed by atoms with van der Waals surface area (Å²) >= 11 is 1.58. The summed E-state index contributed by atoms with van der Waals surface area (Å²) in [5.74, 6) is -0.0249. The topological polar surface area (TPSA) is 64.7 Å². The molecular formula is C13H19N5OS. The van der Waals surface area contributed by atoms with Crippen LogP contribution in [0.4, 0.5) is 0 Å². The normalized spacial score (nSPS) is 12.3. The van der Waals surface area contributed by atoms with Crippen LogP contribution in [0.15, 0.2) is 29.8 Å². The van der Waals surface area contributed by atoms with Crippen LogP contribution in [0.5, 0.6) is 0 Å². The number of amides is 1. The number of aromatic nitrogens is 4. The maximum atomic E-state index is 12.2. The highest BCUT2D eigenvalue weighted by Crippen LogP contribution is 2.14. The van der Waals surface area contributed by atoms with Crippen LogP contribution < -0.4 is 5.32 Å². The molecule has 0 unspecified atom stereocenters. The van der Waals surface area contributed by atoms with Gasteiger partial charge in [0.05, 0.1) is 18.4 Å². The zero-order valence-electron chi connectivity index (χ0n) is 11.9. The molecule has 108 valence electrons. The average Bonchev–Trinajstić information content (AvgIpc) is 3.07. The Labute approximate surface area is 122 Å². The smallest absolute Gasteiger partial charge is 0.245 e. The van der Waals surface area contributed by atoms with Crippen LogP contribution in [-0.4, -0.2) is 31.5 Å². The lowest BCUT2D eigenvalue weighted by Gasteiger charge is -2.15. The molecule has 6 nitrogen and oxygen atoms in total. The van der Waals surface area contributed by atoms with E-state index < -0.39 is 0 Å². The summed E-state index contributed by atoms with van der Waals surface area (Å²) in [6, 6.07) is 1.56. The molecule has 2 heterocycles. The van der Waals surface area contributed by atoms with Crippen LogP contribution in [0.3, 0.4) is 0 Å². The van der Waals surface area contributed by atoms with Crippen molar-refractivity contribution in [3.05, 3.63) is 30.4 Å². The summed E-state index contributed by atoms with van der Waals surface area (Å²) in [4.78, 5) is 16.5. The Morgan fingerprint density at radius 3 is 2.90 bits per heavy atom. The van der Waals surface area contributed by atoms with E-state index >= 15 is 0 Å². The molecule has 0 aliphatic heterocycles. The molecule has 2 aromatic rings. The molecule has 0 aliphatic rings. The lowest BCUT2D eigenvalue weighted by Crippen LogP contribution is -2.32. The van der Waals surface area contributed by atoms with Gasteiger partial charge in [-0.1, -0.05) is 18.7 Å². The van der Waals surface area contributed by atoms with Gasteiger partial charge in [0.2, 0.25) is 5.91 Å². The van der Waals surface area contributed by atoms with Crippen molar-refractivity contribution < 1.29 is 4.79 Å². The molecule has 2 aromatic heterocycles. The van der Waals surface area contributed by atoms with Crippen molar-refractivity contribution in [3.63, 3.8) is 0 Å². The number of imidazole rings is 1. The lowest BCUT2D eigenvalue weighted by atomic mass is 10.2. The number of carbonyl (C=O) groups excluding carboxylic acids is 1. The summed E-state index contributed by atoms with van der Waals surface area (Å²) in [6.45, 7) is 2.45. The predicted octanol–water partition coefficient (Wildman–Crippen LogP) is 1.61. The van der Waals surface area contributed by atoms with Crippen molar-refractivity contribution >= 4 is 17.7 Å². The zero-order chi connectivity index (χ0) is 14.5. The van der Waals surface area contributed by atoms with E-state index in [-0.39, 0.29) is 11.9 Å². The Kier molecular flexibility index (Phi) is 4.84. The average molecular weight is 293 g/mol. The van der Waals surface area contributed by atoms with Crippen LogP contribution in [-0.2, 0) is 18.4 Å². The standard InChI is InChI=1S/C13H19N5OS/c1-4-11(18-7-5-6-16-18)12(19)14-8-10-9-15-13(20-3)17(10)2/h5-7,9,11H,4,8H2,1-3H3,(H,14,19)/t11-/m0/s1. The minimum atomic E-state index is -0.266. The van der Waals surface area contributed by atoms with Gasteiger partial charge in [-0.25, -0.2) is 4.98 Å². The maximum Gasteiger partial charge on any atom is 0.245 e. The number of thioether (sulfide) groups is 1. The van der Waals surface area contributed by atoms with Gasteiger partial charge in [-0.2, -0.15) is 5.10 Å². The first-order valence-electron chi connectivity index (χ1n) is 6.48. The molecule has 0 saturated carbocycles. The molecule has 0 fully saturated rings. The van der Waals surface area contributed by atoms with E-state index in [0.29, 0.717) is 13.0 Å². The van der Waals surface area contributed by atoms with E-state index in [9.17, 15) is 4.79 Å². The van der Waals surface area contributed by atoms with Crippen LogP contribution >= 0.6 is 11.8 Å². The van der Waals surface area contributed by atoms with Gasteiger partial charge in [0, 0.05) is 19.4 Å². The van der Waals surface area contributed by atoms with Crippen LogP contribution in [0, 0.1) is 0 Å². The van der Waals surface area contributed by atoms with Gasteiger partial charge in [-0.3, -0.25) is 9.48 Å². The number of hydrogen-bond acceptors (Lipinski definition) is 4. The van der Waals surface area contributed by atoms with Gasteiger partial charge >= 0.3 is 0 Å². The molecule has 2 rings (SSSR count). The van der Waals surface area contributed by atoms with Crippen molar-refractivity contribution in [2.75, 3.05) is 6.26 Å². The first-order valence-corrected chi connectivity index (χ1v) is 7.71. The van der Waals surface area contributed by atoms with E-state index in [1.807, 2.05) is 37.1 Å². The van der Waals surface area contributed by atoms with E-state index in [1.165, 1.54) is 0 Å². The third-order valence-electron chi connectivity index (χ3n) is 3.20. The Morgan fingerprint density at radius 2 is 2.35 bits per heavy atom. The van der Waals surface area contributed by atoms with Crippen LogP contribution in [0.2, 0.25) is 0 Å². The van der Waals surface area contributed by atoms with Crippen molar-refractivity contribution in [3.8, 4) is 0 Å². The Hall–Kier alpha value is -1.76. The molecule has 0 bridgehead atoms. The number of nitrogens with one attached hydrogen (secondary N) is 1. The fourth-order valence-corrected chi connectivity index (χ4v) is 2.58. The first-order chi connectivity index (χ1) is 9.67. The molecule has 20 heavy (non-hydrogen) atoms. The fraction of sp³-hybridized carbons (Fsp3) is 0.462. The van der Waals surface area contributed by atoms with Gasteiger partial charge in [-0.15, -0.1) is 0 Å². The summed E-state index contributed by atoms with van der Waals surface area (Å²) in [7, 11) is 1.95. The summed E-state index contributed by atoms with van der Waals surface area (Å²) in [5, 5.41) is 8.02. The zero-order valence-corrected chi connectivity index (χ0v) is 12.7. The van der Waals surface area contributed by atoms with Gasteiger partial charge in [-0.05, 0) is 18.7 Å². The first kappa shape index (κ1) is 14.6. The monoisotopic (exact) mass is 293 g/mol. The van der Waals surface area contributed by atoms with E-state index in [4.69, 9.17) is 0 Å². The van der Waals surface area contributed by atoms with Crippen molar-refractivity contribution in [1.82, 2.24) is 24.6 Å². The van der Waals surface area contributed by atoms with Crippen molar-refractivity contribution in [2.24, 2.45) is 7.05 Å². The second-order valence-electron chi connectivity index (χ2n) is 4.42. The van der Waals surface area contributed by atoms with E-state index in [1.54, 1.807) is 28.8 Å². The molecule has 0 aromatic carbocycles. The molecule has 1 atom stereocenters. The number of hydrogen-bond donors (Lipinski definition) is 1. The molecule has 0 radical (unpaired) electrons. The quantitative estimate of drug-likeness (QED) is 0.822. The second kappa shape index (κ2) is 6.60. The van der Waals surface area contributed by atoms with Crippen molar-refractivity contribution in [2.45, 2.75) is 31.1 Å². The molecule has 7 heteroatoms. The highest BCUT2D eigenvalue weighted by Gasteiger charge is 2.18. The lowest BCUT2D eigenvalue weighted by molar-refractivity contribution is -0.124. The Bertz CT molecular complexity index is 563. The highest BCUT2D eigenvalue weighted by molar-refractivity contribution is 7.98. The van der Waals surface area contributed by atoms with E-state index in [0.717, 1.165) is 10.9 Å². The largest absolute Gasteiger partial charge is 0.349 e. The minimum absolute atomic E-state index is 0.0249. The van der Waals surface area contributed by atoms with Gasteiger partial charge < -0.3 is 9.88 Å². The summed E-state index contributed by atoms with van der Waals surface area (Å²) in [5.41, 5.74) is 0.984. The minimum Gasteiger partial charge on any atom is -0.349 e. The fourth-order valence-electron chi connectivity index (χ4n) is 2.03. The summed E-state index contributed by atoms with van der Waals surface area (Å²) < 4.78 is 3.67. The number of carbonyl (C=O) groups is 1. The van der Waals surface area contributed by atoms with Crippen LogP contribution in [0.1, 0.15) is 25.1 Å². The van der Waals surface area contributed by atoms with E-state index in [2.05, 4.69) is 15.4 Å². The number of rotatable bonds is 6. The molecule has 1 amide bonds. The Morgan fingerprint density at radius 1 is 1.55 bits per heavy atom. The molecular weight excluding hydrogens is 274 g/mol. The van der Waals surface area contributed by atoms with Crippen molar-refractivity contribution in [1.29, 1.82) is 0 Å². The van der Waals surface area contributed by atoms with Crippen LogP contribution in [0.25, 0.3) is 0 Å². The third-order valence-corrected chi connectivity index (χ3v) is 3.95. The maximum absolute atomic E-state index is 12.2. The van der Waals surface area contributed by atoms with Gasteiger partial charge in [0.25, 0.3) is 0 Å². The Balaban J connectivity index is 1.99. The highest BCUT2D eigenvalue weighted by atomic mass is 32.2. The summed E-state index contributed by atoms with van der Waals surface area (Å²) in [6.07, 6.45) is 7.97. The second-order valence-corrected chi connectivity index (χ2v) is 5.20. The van der Waals surface area contributed by atoms with Gasteiger partial charge in [0.15, 0.2) is 5.16 Å². The molecule has 1 N–H and O–H groups in total. The molecule has 0 saturated heterocycles. The molecule has 0 aliphatic carbocycles. The SMILES string of the molecule is CC[C@@H](C(=O)NCc1cnc(SC)n1C)n1cccn1.